The molecule has 17 heavy (non-hydrogen) atoms. The third-order valence-electron chi connectivity index (χ3n) is 3.42. The molecular formula is C14H20FNO. The number of nitrogens with two attached hydrogens (primary N) is 1. The lowest BCUT2D eigenvalue weighted by Gasteiger charge is -2.33. The molecule has 0 radical (unpaired) electrons. The second-order valence-corrected chi connectivity index (χ2v) is 4.78. The summed E-state index contributed by atoms with van der Waals surface area (Å²) in [6, 6.07) is 7.30. The molecule has 3 heteroatoms. The summed E-state index contributed by atoms with van der Waals surface area (Å²) in [6.07, 6.45) is 2.81. The minimum absolute atomic E-state index is 0.0136. The van der Waals surface area contributed by atoms with E-state index in [1.807, 2.05) is 31.2 Å². The Morgan fingerprint density at radius 1 is 1.41 bits per heavy atom. The van der Waals surface area contributed by atoms with Crippen molar-refractivity contribution in [1.82, 2.24) is 0 Å². The van der Waals surface area contributed by atoms with Gasteiger partial charge in [0.15, 0.2) is 0 Å². The molecule has 2 nitrogen and oxygen atoms in total. The molecule has 1 aliphatic rings. The van der Waals surface area contributed by atoms with Gasteiger partial charge in [0.25, 0.3) is 0 Å². The summed E-state index contributed by atoms with van der Waals surface area (Å²) < 4.78 is 20.1. The van der Waals surface area contributed by atoms with Gasteiger partial charge in [-0.05, 0) is 43.9 Å². The molecule has 0 bridgehead atoms. The van der Waals surface area contributed by atoms with Crippen molar-refractivity contribution in [3.05, 3.63) is 29.8 Å². The van der Waals surface area contributed by atoms with Crippen molar-refractivity contribution >= 4 is 0 Å². The number of hydrogen-bond acceptors (Lipinski definition) is 2. The largest absolute Gasteiger partial charge is 0.494 e. The van der Waals surface area contributed by atoms with Crippen molar-refractivity contribution in [1.29, 1.82) is 0 Å². The van der Waals surface area contributed by atoms with Gasteiger partial charge in [0.2, 0.25) is 0 Å². The fourth-order valence-corrected chi connectivity index (χ4v) is 2.54. The van der Waals surface area contributed by atoms with Gasteiger partial charge in [-0.15, -0.1) is 0 Å². The normalized spacial score (nSPS) is 29.0. The van der Waals surface area contributed by atoms with Crippen molar-refractivity contribution in [2.24, 2.45) is 5.73 Å². The van der Waals surface area contributed by atoms with E-state index in [9.17, 15) is 4.39 Å². The van der Waals surface area contributed by atoms with E-state index in [1.54, 1.807) is 0 Å². The van der Waals surface area contributed by atoms with Gasteiger partial charge in [0.05, 0.1) is 6.61 Å². The zero-order valence-electron chi connectivity index (χ0n) is 10.3. The standard InChI is InChI=1S/C14H20FNO/c1-2-17-13-7-5-11(6-8-13)14(15)9-3-4-12(16)10-14/h5-8,12H,2-4,9-10,16H2,1H3. The summed E-state index contributed by atoms with van der Waals surface area (Å²) in [5, 5.41) is 0. The second-order valence-electron chi connectivity index (χ2n) is 4.78. The van der Waals surface area contributed by atoms with Crippen molar-refractivity contribution in [2.75, 3.05) is 6.61 Å². The third-order valence-corrected chi connectivity index (χ3v) is 3.42. The van der Waals surface area contributed by atoms with E-state index in [4.69, 9.17) is 10.5 Å². The summed E-state index contributed by atoms with van der Waals surface area (Å²) in [5.41, 5.74) is 5.35. The van der Waals surface area contributed by atoms with Crippen molar-refractivity contribution in [3.63, 3.8) is 0 Å². The van der Waals surface area contributed by atoms with Crippen molar-refractivity contribution < 1.29 is 9.13 Å². The first-order valence-electron chi connectivity index (χ1n) is 6.32. The smallest absolute Gasteiger partial charge is 0.137 e. The SMILES string of the molecule is CCOc1ccc(C2(F)CCCC(N)C2)cc1. The molecule has 0 aromatic heterocycles. The Bertz CT molecular complexity index is 365. The summed E-state index contributed by atoms with van der Waals surface area (Å²) in [6.45, 7) is 2.57. The Labute approximate surface area is 102 Å². The summed E-state index contributed by atoms with van der Waals surface area (Å²) in [7, 11) is 0. The van der Waals surface area contributed by atoms with Gasteiger partial charge in [-0.25, -0.2) is 4.39 Å². The Hall–Kier alpha value is -1.09. The Morgan fingerprint density at radius 3 is 2.71 bits per heavy atom. The van der Waals surface area contributed by atoms with Crippen molar-refractivity contribution in [2.45, 2.75) is 44.3 Å². The maximum Gasteiger partial charge on any atom is 0.137 e. The van der Waals surface area contributed by atoms with Crippen LogP contribution >= 0.6 is 0 Å². The molecule has 0 saturated heterocycles. The Morgan fingerprint density at radius 2 is 2.12 bits per heavy atom. The number of ether oxygens (including phenoxy) is 1. The average Bonchev–Trinajstić information content (AvgIpc) is 2.30. The highest BCUT2D eigenvalue weighted by molar-refractivity contribution is 5.31. The minimum Gasteiger partial charge on any atom is -0.494 e. The fourth-order valence-electron chi connectivity index (χ4n) is 2.54. The van der Waals surface area contributed by atoms with E-state index in [-0.39, 0.29) is 6.04 Å². The molecular weight excluding hydrogens is 217 g/mol. The lowest BCUT2D eigenvalue weighted by atomic mass is 9.79. The highest BCUT2D eigenvalue weighted by Gasteiger charge is 2.36. The first-order chi connectivity index (χ1) is 8.14. The molecule has 1 aromatic carbocycles. The van der Waals surface area contributed by atoms with Crippen LogP contribution in [0.2, 0.25) is 0 Å². The lowest BCUT2D eigenvalue weighted by Crippen LogP contribution is -2.36. The van der Waals surface area contributed by atoms with Gasteiger partial charge >= 0.3 is 0 Å². The molecule has 2 atom stereocenters. The molecule has 1 saturated carbocycles. The molecule has 0 aliphatic heterocycles. The molecule has 0 spiro atoms. The zero-order chi connectivity index (χ0) is 12.3. The topological polar surface area (TPSA) is 35.2 Å². The number of alkyl halides is 1. The quantitative estimate of drug-likeness (QED) is 0.876. The lowest BCUT2D eigenvalue weighted by molar-refractivity contribution is 0.0947. The number of benzene rings is 1. The van der Waals surface area contributed by atoms with Crippen LogP contribution in [0.3, 0.4) is 0 Å². The maximum absolute atomic E-state index is 14.8. The molecule has 2 unspecified atom stereocenters. The zero-order valence-corrected chi connectivity index (χ0v) is 10.3. The molecule has 2 rings (SSSR count). The van der Waals surface area contributed by atoms with Crippen LogP contribution in [0.15, 0.2) is 24.3 Å². The van der Waals surface area contributed by atoms with Crippen LogP contribution in [-0.4, -0.2) is 12.6 Å². The molecule has 1 aromatic rings. The number of rotatable bonds is 3. The number of halogens is 1. The van der Waals surface area contributed by atoms with Gasteiger partial charge in [-0.3, -0.25) is 0 Å². The van der Waals surface area contributed by atoms with Crippen LogP contribution in [0, 0.1) is 0 Å². The van der Waals surface area contributed by atoms with Gasteiger partial charge in [-0.2, -0.15) is 0 Å². The molecule has 2 N–H and O–H groups in total. The molecule has 0 heterocycles. The van der Waals surface area contributed by atoms with E-state index >= 15 is 0 Å². The van der Waals surface area contributed by atoms with Gasteiger partial charge in [-0.1, -0.05) is 12.1 Å². The monoisotopic (exact) mass is 237 g/mol. The van der Waals surface area contributed by atoms with E-state index in [1.165, 1.54) is 0 Å². The predicted molar refractivity (Wildman–Crippen MR) is 66.8 cm³/mol. The highest BCUT2D eigenvalue weighted by Crippen LogP contribution is 2.40. The summed E-state index contributed by atoms with van der Waals surface area (Å²) in [5.74, 6) is 0.792. The van der Waals surface area contributed by atoms with Crippen molar-refractivity contribution in [3.8, 4) is 5.75 Å². The molecule has 1 fully saturated rings. The van der Waals surface area contributed by atoms with Crippen LogP contribution in [0.1, 0.15) is 38.2 Å². The van der Waals surface area contributed by atoms with E-state index in [0.717, 1.165) is 24.2 Å². The van der Waals surface area contributed by atoms with Gasteiger partial charge < -0.3 is 10.5 Å². The van der Waals surface area contributed by atoms with Crippen LogP contribution in [0.4, 0.5) is 4.39 Å². The van der Waals surface area contributed by atoms with Gasteiger partial charge in [0, 0.05) is 12.5 Å². The summed E-state index contributed by atoms with van der Waals surface area (Å²) >= 11 is 0. The first kappa shape index (κ1) is 12.4. The third kappa shape index (κ3) is 2.78. The predicted octanol–water partition coefficient (Wildman–Crippen LogP) is 3.15. The van der Waals surface area contributed by atoms with Crippen LogP contribution in [0.25, 0.3) is 0 Å². The van der Waals surface area contributed by atoms with E-state index in [2.05, 4.69) is 0 Å². The van der Waals surface area contributed by atoms with Gasteiger partial charge in [0.1, 0.15) is 11.4 Å². The Balaban J connectivity index is 2.15. The van der Waals surface area contributed by atoms with E-state index < -0.39 is 5.67 Å². The van der Waals surface area contributed by atoms with Crippen LogP contribution in [-0.2, 0) is 5.67 Å². The minimum atomic E-state index is -1.25. The Kier molecular flexibility index (Phi) is 3.67. The first-order valence-corrected chi connectivity index (χ1v) is 6.32. The second kappa shape index (κ2) is 5.05. The average molecular weight is 237 g/mol. The fraction of sp³-hybridized carbons (Fsp3) is 0.571. The van der Waals surface area contributed by atoms with Crippen LogP contribution in [0.5, 0.6) is 5.75 Å². The van der Waals surface area contributed by atoms with E-state index in [0.29, 0.717) is 19.4 Å². The highest BCUT2D eigenvalue weighted by atomic mass is 19.1. The maximum atomic E-state index is 14.8. The summed E-state index contributed by atoms with van der Waals surface area (Å²) in [4.78, 5) is 0. The number of hydrogen-bond donors (Lipinski definition) is 1. The van der Waals surface area contributed by atoms with Crippen LogP contribution < -0.4 is 10.5 Å². The molecule has 94 valence electrons. The molecule has 1 aliphatic carbocycles. The molecule has 0 amide bonds.